The van der Waals surface area contributed by atoms with Crippen molar-refractivity contribution in [1.29, 1.82) is 0 Å². The van der Waals surface area contributed by atoms with Crippen LogP contribution in [0.3, 0.4) is 0 Å². The molecule has 0 atom stereocenters. The van der Waals surface area contributed by atoms with Gasteiger partial charge in [0.25, 0.3) is 0 Å². The summed E-state index contributed by atoms with van der Waals surface area (Å²) in [5.74, 6) is 2.72. The standard InChI is InChI=1S/C14H19NO2Si/c1-10-8-13(15)11(6-7-18(3,4)5)9-12(10)14(16)17-2/h8-9H,15H2,1-5H3. The van der Waals surface area contributed by atoms with E-state index in [1.54, 1.807) is 12.1 Å². The number of rotatable bonds is 1. The molecule has 3 nitrogen and oxygen atoms in total. The quantitative estimate of drug-likeness (QED) is 0.366. The molecule has 0 aliphatic carbocycles. The van der Waals surface area contributed by atoms with Crippen molar-refractivity contribution in [3.8, 4) is 11.5 Å². The van der Waals surface area contributed by atoms with Gasteiger partial charge in [0.1, 0.15) is 8.07 Å². The molecule has 0 unspecified atom stereocenters. The molecule has 0 saturated heterocycles. The molecule has 0 fully saturated rings. The van der Waals surface area contributed by atoms with Gasteiger partial charge in [-0.25, -0.2) is 4.79 Å². The van der Waals surface area contributed by atoms with Crippen LogP contribution in [0.1, 0.15) is 21.5 Å². The minimum atomic E-state index is -1.46. The molecule has 0 bridgehead atoms. The summed E-state index contributed by atoms with van der Waals surface area (Å²) >= 11 is 0. The topological polar surface area (TPSA) is 52.3 Å². The maximum atomic E-state index is 11.6. The first-order valence-electron chi connectivity index (χ1n) is 5.76. The van der Waals surface area contributed by atoms with Crippen molar-refractivity contribution in [2.45, 2.75) is 26.6 Å². The van der Waals surface area contributed by atoms with E-state index in [1.165, 1.54) is 7.11 Å². The molecule has 2 N–H and O–H groups in total. The highest BCUT2D eigenvalue weighted by molar-refractivity contribution is 6.83. The lowest BCUT2D eigenvalue weighted by atomic mass is 10.0. The van der Waals surface area contributed by atoms with Gasteiger partial charge < -0.3 is 10.5 Å². The van der Waals surface area contributed by atoms with Gasteiger partial charge in [-0.3, -0.25) is 0 Å². The molecule has 0 heterocycles. The van der Waals surface area contributed by atoms with E-state index in [4.69, 9.17) is 10.5 Å². The summed E-state index contributed by atoms with van der Waals surface area (Å²) in [6, 6.07) is 3.48. The van der Waals surface area contributed by atoms with E-state index < -0.39 is 8.07 Å². The zero-order valence-corrected chi connectivity index (χ0v) is 12.5. The van der Waals surface area contributed by atoms with Crippen LogP contribution in [0.5, 0.6) is 0 Å². The van der Waals surface area contributed by atoms with E-state index in [1.807, 2.05) is 6.92 Å². The van der Waals surface area contributed by atoms with Crippen LogP contribution >= 0.6 is 0 Å². The molecular weight excluding hydrogens is 242 g/mol. The highest BCUT2D eigenvalue weighted by Crippen LogP contribution is 2.19. The lowest BCUT2D eigenvalue weighted by Crippen LogP contribution is -2.16. The smallest absolute Gasteiger partial charge is 0.338 e. The summed E-state index contributed by atoms with van der Waals surface area (Å²) in [5, 5.41) is 0. The van der Waals surface area contributed by atoms with Gasteiger partial charge in [-0.1, -0.05) is 25.6 Å². The Labute approximate surface area is 109 Å². The van der Waals surface area contributed by atoms with Crippen LogP contribution in [0.15, 0.2) is 12.1 Å². The number of hydrogen-bond donors (Lipinski definition) is 1. The first-order valence-corrected chi connectivity index (χ1v) is 9.26. The fourth-order valence-corrected chi connectivity index (χ4v) is 1.93. The van der Waals surface area contributed by atoms with Gasteiger partial charge >= 0.3 is 5.97 Å². The number of carbonyl (C=O) groups excluding carboxylic acids is 1. The maximum Gasteiger partial charge on any atom is 0.338 e. The predicted molar refractivity (Wildman–Crippen MR) is 77.2 cm³/mol. The molecule has 18 heavy (non-hydrogen) atoms. The SMILES string of the molecule is COC(=O)c1cc(C#C[Si](C)(C)C)c(N)cc1C. The Kier molecular flexibility index (Phi) is 4.20. The maximum absolute atomic E-state index is 11.6. The summed E-state index contributed by atoms with van der Waals surface area (Å²) in [4.78, 5) is 11.6. The average molecular weight is 261 g/mol. The number of nitrogens with two attached hydrogens (primary N) is 1. The minimum absolute atomic E-state index is 0.358. The van der Waals surface area contributed by atoms with E-state index >= 15 is 0 Å². The number of anilines is 1. The van der Waals surface area contributed by atoms with Crippen molar-refractivity contribution in [3.05, 3.63) is 28.8 Å². The first kappa shape index (κ1) is 14.3. The number of benzene rings is 1. The van der Waals surface area contributed by atoms with Crippen molar-refractivity contribution in [1.82, 2.24) is 0 Å². The number of nitrogen functional groups attached to an aromatic ring is 1. The lowest BCUT2D eigenvalue weighted by molar-refractivity contribution is 0.0600. The Bertz CT molecular complexity index is 533. The van der Waals surface area contributed by atoms with Crippen LogP contribution in [0.4, 0.5) is 5.69 Å². The second-order valence-corrected chi connectivity index (χ2v) is 10.00. The van der Waals surface area contributed by atoms with Gasteiger partial charge in [0.05, 0.1) is 12.7 Å². The Morgan fingerprint density at radius 3 is 2.44 bits per heavy atom. The van der Waals surface area contributed by atoms with Crippen LogP contribution in [0.25, 0.3) is 0 Å². The third-order valence-corrected chi connectivity index (χ3v) is 3.25. The van der Waals surface area contributed by atoms with E-state index in [-0.39, 0.29) is 5.97 Å². The molecule has 0 saturated carbocycles. The predicted octanol–water partition coefficient (Wildman–Crippen LogP) is 2.59. The summed E-state index contributed by atoms with van der Waals surface area (Å²) in [5.41, 5.74) is 11.8. The summed E-state index contributed by atoms with van der Waals surface area (Å²) in [6.45, 7) is 8.31. The van der Waals surface area contributed by atoms with E-state index in [0.717, 1.165) is 5.56 Å². The minimum Gasteiger partial charge on any atom is -0.465 e. The molecule has 4 heteroatoms. The monoisotopic (exact) mass is 261 g/mol. The number of aryl methyl sites for hydroxylation is 1. The molecule has 0 aliphatic rings. The molecule has 1 aromatic carbocycles. The molecule has 0 aromatic heterocycles. The average Bonchev–Trinajstić information content (AvgIpc) is 2.25. The Morgan fingerprint density at radius 2 is 1.94 bits per heavy atom. The molecule has 0 aliphatic heterocycles. The Balaban J connectivity index is 3.28. The van der Waals surface area contributed by atoms with E-state index in [2.05, 4.69) is 31.1 Å². The van der Waals surface area contributed by atoms with Gasteiger partial charge in [-0.05, 0) is 24.6 Å². The van der Waals surface area contributed by atoms with Gasteiger partial charge in [0, 0.05) is 11.3 Å². The largest absolute Gasteiger partial charge is 0.465 e. The van der Waals surface area contributed by atoms with E-state index in [0.29, 0.717) is 16.8 Å². The molecule has 0 radical (unpaired) electrons. The number of hydrogen-bond acceptors (Lipinski definition) is 3. The van der Waals surface area contributed by atoms with Crippen molar-refractivity contribution in [2.24, 2.45) is 0 Å². The number of ether oxygens (including phenoxy) is 1. The van der Waals surface area contributed by atoms with Gasteiger partial charge in [0.2, 0.25) is 0 Å². The van der Waals surface area contributed by atoms with Crippen LogP contribution in [0.2, 0.25) is 19.6 Å². The molecule has 1 aromatic rings. The summed E-state index contributed by atoms with van der Waals surface area (Å²) in [6.07, 6.45) is 0. The van der Waals surface area contributed by atoms with Crippen LogP contribution in [0, 0.1) is 18.4 Å². The fraction of sp³-hybridized carbons (Fsp3) is 0.357. The molecule has 1 rings (SSSR count). The van der Waals surface area contributed by atoms with E-state index in [9.17, 15) is 4.79 Å². The summed E-state index contributed by atoms with van der Waals surface area (Å²) < 4.78 is 4.74. The second kappa shape index (κ2) is 5.28. The van der Waals surface area contributed by atoms with Gasteiger partial charge in [-0.15, -0.1) is 5.54 Å². The van der Waals surface area contributed by atoms with Crippen molar-refractivity contribution >= 4 is 19.7 Å². The van der Waals surface area contributed by atoms with Gasteiger partial charge in [0.15, 0.2) is 0 Å². The number of methoxy groups -OCH3 is 1. The van der Waals surface area contributed by atoms with Crippen molar-refractivity contribution in [3.63, 3.8) is 0 Å². The van der Waals surface area contributed by atoms with Crippen LogP contribution < -0.4 is 5.73 Å². The number of esters is 1. The fourth-order valence-electron chi connectivity index (χ4n) is 1.42. The molecular formula is C14H19NO2Si. The highest BCUT2D eigenvalue weighted by atomic mass is 28.3. The zero-order chi connectivity index (χ0) is 13.9. The van der Waals surface area contributed by atoms with Crippen molar-refractivity contribution < 1.29 is 9.53 Å². The molecule has 0 amide bonds. The molecule has 96 valence electrons. The second-order valence-electron chi connectivity index (χ2n) is 5.25. The Morgan fingerprint density at radius 1 is 1.33 bits per heavy atom. The lowest BCUT2D eigenvalue weighted by Gasteiger charge is -2.08. The van der Waals surface area contributed by atoms with Crippen molar-refractivity contribution in [2.75, 3.05) is 12.8 Å². The number of carbonyl (C=O) groups is 1. The molecule has 0 spiro atoms. The van der Waals surface area contributed by atoms with Gasteiger partial charge in [-0.2, -0.15) is 0 Å². The third kappa shape index (κ3) is 3.64. The normalized spacial score (nSPS) is 10.5. The first-order chi connectivity index (χ1) is 8.24. The van der Waals surface area contributed by atoms with Crippen LogP contribution in [-0.2, 0) is 4.74 Å². The highest BCUT2D eigenvalue weighted by Gasteiger charge is 2.12. The van der Waals surface area contributed by atoms with Crippen LogP contribution in [-0.4, -0.2) is 21.2 Å². The summed E-state index contributed by atoms with van der Waals surface area (Å²) in [7, 11) is -0.0956. The Hall–Kier alpha value is -1.73. The third-order valence-electron chi connectivity index (χ3n) is 2.37. The zero-order valence-electron chi connectivity index (χ0n) is 11.5.